The van der Waals surface area contributed by atoms with Gasteiger partial charge in [0.15, 0.2) is 0 Å². The normalized spacial score (nSPS) is 17.1. The Bertz CT molecular complexity index is 432. The van der Waals surface area contributed by atoms with E-state index in [1.807, 2.05) is 0 Å². The van der Waals surface area contributed by atoms with Crippen LogP contribution in [-0.4, -0.2) is 11.5 Å². The van der Waals surface area contributed by atoms with Crippen LogP contribution in [0.15, 0.2) is 22.7 Å². The minimum absolute atomic E-state index is 0.129. The molecule has 1 aromatic carbocycles. The molecule has 1 aliphatic carbocycles. The van der Waals surface area contributed by atoms with E-state index in [1.54, 1.807) is 12.1 Å². The number of halogens is 1. The number of nitro groups is 1. The van der Waals surface area contributed by atoms with Gasteiger partial charge in [0, 0.05) is 21.5 Å². The summed E-state index contributed by atoms with van der Waals surface area (Å²) < 4.78 is 0.701. The van der Waals surface area contributed by atoms with Crippen LogP contribution >= 0.6 is 15.9 Å². The van der Waals surface area contributed by atoms with Gasteiger partial charge in [0.05, 0.1) is 11.5 Å². The van der Waals surface area contributed by atoms with Gasteiger partial charge in [0.1, 0.15) is 0 Å². The van der Waals surface area contributed by atoms with E-state index in [1.165, 1.54) is 6.07 Å². The van der Waals surface area contributed by atoms with Crippen molar-refractivity contribution in [3.63, 3.8) is 0 Å². The van der Waals surface area contributed by atoms with Crippen molar-refractivity contribution >= 4 is 21.6 Å². The van der Waals surface area contributed by atoms with Gasteiger partial charge in [-0.15, -0.1) is 0 Å². The summed E-state index contributed by atoms with van der Waals surface area (Å²) in [6, 6.07) is 5.10. The molecule has 1 aliphatic rings. The summed E-state index contributed by atoms with van der Waals surface area (Å²) in [7, 11) is 0. The SMILES string of the molecule is NOCC1(c2ccc(Br)cc2[N+](=O)[O-])CC1. The van der Waals surface area contributed by atoms with Gasteiger partial charge >= 0.3 is 0 Å². The lowest BCUT2D eigenvalue weighted by Gasteiger charge is -2.14. The first-order chi connectivity index (χ1) is 7.59. The van der Waals surface area contributed by atoms with Crippen molar-refractivity contribution in [1.29, 1.82) is 0 Å². The summed E-state index contributed by atoms with van der Waals surface area (Å²) in [5, 5.41) is 11.0. The van der Waals surface area contributed by atoms with Crippen molar-refractivity contribution in [3.05, 3.63) is 38.3 Å². The fourth-order valence-electron chi connectivity index (χ4n) is 1.91. The molecule has 1 aromatic rings. The Hall–Kier alpha value is -0.980. The Morgan fingerprint density at radius 2 is 2.25 bits per heavy atom. The average molecular weight is 287 g/mol. The molecule has 0 heterocycles. The van der Waals surface area contributed by atoms with Gasteiger partial charge in [-0.2, -0.15) is 0 Å². The van der Waals surface area contributed by atoms with Gasteiger partial charge in [-0.25, -0.2) is 5.90 Å². The van der Waals surface area contributed by atoms with Crippen molar-refractivity contribution in [1.82, 2.24) is 0 Å². The van der Waals surface area contributed by atoms with E-state index < -0.39 is 0 Å². The second-order valence-electron chi connectivity index (χ2n) is 4.01. The Morgan fingerprint density at radius 3 is 2.75 bits per heavy atom. The first-order valence-corrected chi connectivity index (χ1v) is 5.64. The number of nitrogens with zero attached hydrogens (tertiary/aromatic N) is 1. The summed E-state index contributed by atoms with van der Waals surface area (Å²) in [6.07, 6.45) is 1.76. The van der Waals surface area contributed by atoms with E-state index in [0.717, 1.165) is 12.8 Å². The molecule has 86 valence electrons. The zero-order valence-electron chi connectivity index (χ0n) is 8.48. The number of rotatable bonds is 4. The van der Waals surface area contributed by atoms with Crippen LogP contribution < -0.4 is 5.90 Å². The van der Waals surface area contributed by atoms with Crippen molar-refractivity contribution in [3.8, 4) is 0 Å². The smallest absolute Gasteiger partial charge is 0.274 e. The van der Waals surface area contributed by atoms with Gasteiger partial charge in [0.2, 0.25) is 0 Å². The molecule has 0 aliphatic heterocycles. The van der Waals surface area contributed by atoms with Gasteiger partial charge < -0.3 is 4.84 Å². The molecule has 16 heavy (non-hydrogen) atoms. The molecule has 0 spiro atoms. The van der Waals surface area contributed by atoms with Crippen LogP contribution in [-0.2, 0) is 10.3 Å². The zero-order valence-corrected chi connectivity index (χ0v) is 10.1. The molecular weight excluding hydrogens is 276 g/mol. The molecule has 1 saturated carbocycles. The largest absolute Gasteiger partial charge is 0.304 e. The number of hydrogen-bond acceptors (Lipinski definition) is 4. The van der Waals surface area contributed by atoms with Crippen molar-refractivity contribution in [2.45, 2.75) is 18.3 Å². The second kappa shape index (κ2) is 4.12. The Morgan fingerprint density at radius 1 is 1.56 bits per heavy atom. The molecular formula is C10H11BrN2O3. The molecule has 2 rings (SSSR count). The number of hydrogen-bond donors (Lipinski definition) is 1. The lowest BCUT2D eigenvalue weighted by atomic mass is 9.95. The van der Waals surface area contributed by atoms with E-state index in [0.29, 0.717) is 16.6 Å². The van der Waals surface area contributed by atoms with Gasteiger partial charge in [-0.05, 0) is 18.9 Å². The highest BCUT2D eigenvalue weighted by Gasteiger charge is 2.48. The van der Waals surface area contributed by atoms with Crippen LogP contribution in [0.4, 0.5) is 5.69 Å². The van der Waals surface area contributed by atoms with Gasteiger partial charge in [-0.3, -0.25) is 10.1 Å². The van der Waals surface area contributed by atoms with E-state index in [2.05, 4.69) is 20.8 Å². The van der Waals surface area contributed by atoms with Crippen LogP contribution in [0.3, 0.4) is 0 Å². The third-order valence-electron chi connectivity index (χ3n) is 2.94. The number of benzene rings is 1. The molecule has 1 fully saturated rings. The minimum atomic E-state index is -0.364. The van der Waals surface area contributed by atoms with E-state index in [4.69, 9.17) is 5.90 Å². The van der Waals surface area contributed by atoms with Crippen LogP contribution in [0, 0.1) is 10.1 Å². The molecule has 0 unspecified atom stereocenters. The van der Waals surface area contributed by atoms with Crippen LogP contribution in [0.25, 0.3) is 0 Å². The lowest BCUT2D eigenvalue weighted by molar-refractivity contribution is -0.386. The number of nitrogens with two attached hydrogens (primary N) is 1. The summed E-state index contributed by atoms with van der Waals surface area (Å²) >= 11 is 3.23. The molecule has 0 bridgehead atoms. The molecule has 0 atom stereocenters. The molecule has 5 nitrogen and oxygen atoms in total. The summed E-state index contributed by atoms with van der Waals surface area (Å²) in [4.78, 5) is 15.3. The highest BCUT2D eigenvalue weighted by molar-refractivity contribution is 9.10. The predicted octanol–water partition coefficient (Wildman–Crippen LogP) is 2.28. The minimum Gasteiger partial charge on any atom is -0.304 e. The van der Waals surface area contributed by atoms with Gasteiger partial charge in [-0.1, -0.05) is 22.0 Å². The Balaban J connectivity index is 2.44. The highest BCUT2D eigenvalue weighted by Crippen LogP contribution is 2.51. The maximum absolute atomic E-state index is 11.0. The second-order valence-corrected chi connectivity index (χ2v) is 4.93. The maximum Gasteiger partial charge on any atom is 0.274 e. The fourth-order valence-corrected chi connectivity index (χ4v) is 2.26. The quantitative estimate of drug-likeness (QED) is 0.680. The molecule has 6 heteroatoms. The third-order valence-corrected chi connectivity index (χ3v) is 3.43. The van der Waals surface area contributed by atoms with Crippen LogP contribution in [0.1, 0.15) is 18.4 Å². The predicted molar refractivity (Wildman–Crippen MR) is 61.8 cm³/mol. The van der Waals surface area contributed by atoms with Crippen LogP contribution in [0.2, 0.25) is 0 Å². The molecule has 0 radical (unpaired) electrons. The van der Waals surface area contributed by atoms with Crippen molar-refractivity contribution in [2.75, 3.05) is 6.61 Å². The summed E-state index contributed by atoms with van der Waals surface area (Å²) in [5.74, 6) is 5.07. The number of nitro benzene ring substituents is 1. The lowest BCUT2D eigenvalue weighted by Crippen LogP contribution is -2.19. The van der Waals surface area contributed by atoms with Crippen molar-refractivity contribution < 1.29 is 9.76 Å². The standard InChI is InChI=1S/C10H11BrN2O3/c11-7-1-2-8(9(5-7)13(14)15)10(3-4-10)6-16-12/h1-2,5H,3-4,6,12H2. The summed E-state index contributed by atoms with van der Waals surface area (Å²) in [6.45, 7) is 0.329. The molecule has 0 saturated heterocycles. The first kappa shape index (κ1) is 11.5. The molecule has 0 amide bonds. The Kier molecular flexibility index (Phi) is 2.96. The molecule has 2 N–H and O–H groups in total. The van der Waals surface area contributed by atoms with E-state index in [-0.39, 0.29) is 16.0 Å². The highest BCUT2D eigenvalue weighted by atomic mass is 79.9. The van der Waals surface area contributed by atoms with Gasteiger partial charge in [0.25, 0.3) is 5.69 Å². The first-order valence-electron chi connectivity index (χ1n) is 4.85. The molecule has 0 aromatic heterocycles. The fraction of sp³-hybridized carbons (Fsp3) is 0.400. The monoisotopic (exact) mass is 286 g/mol. The van der Waals surface area contributed by atoms with Crippen molar-refractivity contribution in [2.24, 2.45) is 5.90 Å². The van der Waals surface area contributed by atoms with E-state index in [9.17, 15) is 10.1 Å². The summed E-state index contributed by atoms with van der Waals surface area (Å²) in [5.41, 5.74) is 0.591. The topological polar surface area (TPSA) is 78.4 Å². The maximum atomic E-state index is 11.0. The van der Waals surface area contributed by atoms with Crippen LogP contribution in [0.5, 0.6) is 0 Å². The zero-order chi connectivity index (χ0) is 11.8. The third kappa shape index (κ3) is 1.95. The van der Waals surface area contributed by atoms with E-state index >= 15 is 0 Å². The average Bonchev–Trinajstić information content (AvgIpc) is 2.99. The Labute approximate surface area is 101 Å².